The molecule has 1 N–H and O–H groups in total. The fourth-order valence-corrected chi connectivity index (χ4v) is 1.48. The molecule has 0 bridgehead atoms. The van der Waals surface area contributed by atoms with Crippen molar-refractivity contribution in [2.75, 3.05) is 20.6 Å². The van der Waals surface area contributed by atoms with Gasteiger partial charge in [0.2, 0.25) is 0 Å². The minimum absolute atomic E-state index is 0.0873. The van der Waals surface area contributed by atoms with Crippen LogP contribution in [0.4, 0.5) is 0 Å². The van der Waals surface area contributed by atoms with Crippen LogP contribution in [0.1, 0.15) is 30.1 Å². The number of likely N-dealkylation sites (N-methyl/N-ethyl adjacent to an activating group) is 1. The number of nitrogens with one attached hydrogen (secondary N) is 1. The molecule has 1 heterocycles. The molecule has 0 radical (unpaired) electrons. The number of rotatable bonds is 5. The van der Waals surface area contributed by atoms with Crippen LogP contribution in [-0.2, 0) is 6.42 Å². The van der Waals surface area contributed by atoms with Crippen molar-refractivity contribution in [1.29, 1.82) is 0 Å². The summed E-state index contributed by atoms with van der Waals surface area (Å²) in [5, 5.41) is 6.58. The maximum Gasteiger partial charge on any atom is 0.273 e. The van der Waals surface area contributed by atoms with E-state index in [-0.39, 0.29) is 11.9 Å². The van der Waals surface area contributed by atoms with Gasteiger partial charge in [0, 0.05) is 25.1 Å². The molecule has 0 fully saturated rings. The molecular formula is C11H19N3O2. The standard InChI is InChI=1S/C11H19N3O2/c1-5-9-6-10(13-16-9)11(15)12-8(2)7-14(3)4/h6,8H,5,7H2,1-4H3,(H,12,15). The highest BCUT2D eigenvalue weighted by Gasteiger charge is 2.14. The van der Waals surface area contributed by atoms with E-state index in [2.05, 4.69) is 10.5 Å². The molecule has 0 saturated heterocycles. The summed E-state index contributed by atoms with van der Waals surface area (Å²) in [6, 6.07) is 1.77. The summed E-state index contributed by atoms with van der Waals surface area (Å²) in [7, 11) is 3.93. The number of nitrogens with zero attached hydrogens (tertiary/aromatic N) is 2. The monoisotopic (exact) mass is 225 g/mol. The fraction of sp³-hybridized carbons (Fsp3) is 0.636. The second-order valence-corrected chi connectivity index (χ2v) is 4.17. The number of amides is 1. The minimum Gasteiger partial charge on any atom is -0.361 e. The summed E-state index contributed by atoms with van der Waals surface area (Å²) in [5.41, 5.74) is 0.349. The number of aromatic nitrogens is 1. The lowest BCUT2D eigenvalue weighted by atomic mass is 10.2. The molecule has 5 heteroatoms. The molecule has 1 aromatic rings. The van der Waals surface area contributed by atoms with Crippen LogP contribution in [0.3, 0.4) is 0 Å². The van der Waals surface area contributed by atoms with Gasteiger partial charge in [0.25, 0.3) is 5.91 Å². The Hall–Kier alpha value is -1.36. The van der Waals surface area contributed by atoms with Gasteiger partial charge >= 0.3 is 0 Å². The largest absolute Gasteiger partial charge is 0.361 e. The second-order valence-electron chi connectivity index (χ2n) is 4.17. The second kappa shape index (κ2) is 5.65. The molecule has 1 amide bonds. The van der Waals surface area contributed by atoms with Gasteiger partial charge in [0.1, 0.15) is 5.76 Å². The van der Waals surface area contributed by atoms with Gasteiger partial charge < -0.3 is 14.7 Å². The third kappa shape index (κ3) is 3.66. The first-order chi connectivity index (χ1) is 7.52. The Labute approximate surface area is 95.8 Å². The number of aryl methyl sites for hydroxylation is 1. The molecule has 90 valence electrons. The number of hydrogen-bond acceptors (Lipinski definition) is 4. The van der Waals surface area contributed by atoms with Crippen LogP contribution in [0.5, 0.6) is 0 Å². The SMILES string of the molecule is CCc1cc(C(=O)NC(C)CN(C)C)no1. The van der Waals surface area contributed by atoms with Gasteiger partial charge in [-0.1, -0.05) is 12.1 Å². The van der Waals surface area contributed by atoms with Gasteiger partial charge in [-0.3, -0.25) is 4.79 Å². The van der Waals surface area contributed by atoms with Crippen LogP contribution < -0.4 is 5.32 Å². The van der Waals surface area contributed by atoms with Gasteiger partial charge in [0.15, 0.2) is 5.69 Å². The first-order valence-corrected chi connectivity index (χ1v) is 5.44. The van der Waals surface area contributed by atoms with E-state index in [0.29, 0.717) is 5.69 Å². The molecule has 0 spiro atoms. The smallest absolute Gasteiger partial charge is 0.273 e. The first kappa shape index (κ1) is 12.7. The summed E-state index contributed by atoms with van der Waals surface area (Å²) in [6.07, 6.45) is 0.744. The van der Waals surface area contributed by atoms with Crippen LogP contribution in [-0.4, -0.2) is 42.6 Å². The quantitative estimate of drug-likeness (QED) is 0.809. The van der Waals surface area contributed by atoms with E-state index in [1.54, 1.807) is 6.07 Å². The molecule has 1 aromatic heterocycles. The van der Waals surface area contributed by atoms with E-state index in [0.717, 1.165) is 18.7 Å². The molecule has 0 aliphatic rings. The summed E-state index contributed by atoms with van der Waals surface area (Å²) >= 11 is 0. The lowest BCUT2D eigenvalue weighted by Gasteiger charge is -2.17. The van der Waals surface area contributed by atoms with Crippen molar-refractivity contribution in [3.8, 4) is 0 Å². The van der Waals surface area contributed by atoms with Gasteiger partial charge in [-0.25, -0.2) is 0 Å². The van der Waals surface area contributed by atoms with Crippen LogP contribution in [0.15, 0.2) is 10.6 Å². The Morgan fingerprint density at radius 1 is 1.62 bits per heavy atom. The minimum atomic E-state index is -0.183. The highest BCUT2D eigenvalue weighted by Crippen LogP contribution is 2.04. The molecule has 0 aliphatic heterocycles. The topological polar surface area (TPSA) is 58.4 Å². The fourth-order valence-electron chi connectivity index (χ4n) is 1.48. The summed E-state index contributed by atoms with van der Waals surface area (Å²) < 4.78 is 4.98. The summed E-state index contributed by atoms with van der Waals surface area (Å²) in [6.45, 7) is 4.71. The number of carbonyl (C=O) groups is 1. The van der Waals surface area contributed by atoms with Gasteiger partial charge in [-0.15, -0.1) is 0 Å². The van der Waals surface area contributed by atoms with Crippen molar-refractivity contribution in [2.24, 2.45) is 0 Å². The average Bonchev–Trinajstić information content (AvgIpc) is 2.64. The highest BCUT2D eigenvalue weighted by atomic mass is 16.5. The molecular weight excluding hydrogens is 206 g/mol. The van der Waals surface area contributed by atoms with Gasteiger partial charge in [0.05, 0.1) is 0 Å². The predicted molar refractivity (Wildman–Crippen MR) is 61.4 cm³/mol. The predicted octanol–water partition coefficient (Wildman–Crippen LogP) is 0.917. The molecule has 0 saturated carbocycles. The maximum absolute atomic E-state index is 11.7. The van der Waals surface area contributed by atoms with Crippen molar-refractivity contribution in [3.63, 3.8) is 0 Å². The third-order valence-corrected chi connectivity index (χ3v) is 2.16. The molecule has 1 atom stereocenters. The van der Waals surface area contributed by atoms with Crippen LogP contribution in [0, 0.1) is 0 Å². The summed E-state index contributed by atoms with van der Waals surface area (Å²) in [5.74, 6) is 0.545. The Bertz CT molecular complexity index is 347. The number of hydrogen-bond donors (Lipinski definition) is 1. The zero-order chi connectivity index (χ0) is 12.1. The first-order valence-electron chi connectivity index (χ1n) is 5.44. The number of carbonyl (C=O) groups excluding carboxylic acids is 1. The normalized spacial score (nSPS) is 12.8. The third-order valence-electron chi connectivity index (χ3n) is 2.16. The molecule has 16 heavy (non-hydrogen) atoms. The Kier molecular flexibility index (Phi) is 4.49. The van der Waals surface area contributed by atoms with E-state index in [1.165, 1.54) is 0 Å². The van der Waals surface area contributed by atoms with Crippen molar-refractivity contribution in [2.45, 2.75) is 26.3 Å². The Morgan fingerprint density at radius 2 is 2.31 bits per heavy atom. The van der Waals surface area contributed by atoms with Crippen LogP contribution in [0.25, 0.3) is 0 Å². The van der Waals surface area contributed by atoms with Crippen molar-refractivity contribution in [3.05, 3.63) is 17.5 Å². The Morgan fingerprint density at radius 3 is 2.81 bits per heavy atom. The highest BCUT2D eigenvalue weighted by molar-refractivity contribution is 5.92. The zero-order valence-corrected chi connectivity index (χ0v) is 10.3. The van der Waals surface area contributed by atoms with Crippen LogP contribution >= 0.6 is 0 Å². The van der Waals surface area contributed by atoms with E-state index >= 15 is 0 Å². The lowest BCUT2D eigenvalue weighted by molar-refractivity contribution is 0.0925. The van der Waals surface area contributed by atoms with Crippen molar-refractivity contribution >= 4 is 5.91 Å². The molecule has 0 aromatic carbocycles. The van der Waals surface area contributed by atoms with Crippen molar-refractivity contribution in [1.82, 2.24) is 15.4 Å². The Balaban J connectivity index is 2.51. The van der Waals surface area contributed by atoms with Crippen LogP contribution in [0.2, 0.25) is 0 Å². The van der Waals surface area contributed by atoms with Crippen molar-refractivity contribution < 1.29 is 9.32 Å². The van der Waals surface area contributed by atoms with Gasteiger partial charge in [-0.05, 0) is 21.0 Å². The maximum atomic E-state index is 11.7. The van der Waals surface area contributed by atoms with E-state index in [4.69, 9.17) is 4.52 Å². The zero-order valence-electron chi connectivity index (χ0n) is 10.3. The van der Waals surface area contributed by atoms with Gasteiger partial charge in [-0.2, -0.15) is 0 Å². The molecule has 0 aliphatic carbocycles. The van der Waals surface area contributed by atoms with E-state index in [9.17, 15) is 4.79 Å². The lowest BCUT2D eigenvalue weighted by Crippen LogP contribution is -2.39. The van der Waals surface area contributed by atoms with E-state index < -0.39 is 0 Å². The summed E-state index contributed by atoms with van der Waals surface area (Å²) in [4.78, 5) is 13.7. The van der Waals surface area contributed by atoms with E-state index in [1.807, 2.05) is 32.8 Å². The molecule has 1 rings (SSSR count). The average molecular weight is 225 g/mol. The molecule has 5 nitrogen and oxygen atoms in total. The molecule has 1 unspecified atom stereocenters.